The summed E-state index contributed by atoms with van der Waals surface area (Å²) in [4.78, 5) is 12.9. The lowest BCUT2D eigenvalue weighted by Crippen LogP contribution is -2.46. The van der Waals surface area contributed by atoms with Crippen LogP contribution in [0.25, 0.3) is 0 Å². The molecule has 0 bridgehead atoms. The summed E-state index contributed by atoms with van der Waals surface area (Å²) in [6.07, 6.45) is -3.71. The van der Waals surface area contributed by atoms with E-state index in [1.807, 2.05) is 0 Å². The van der Waals surface area contributed by atoms with E-state index in [1.54, 1.807) is 0 Å². The predicted octanol–water partition coefficient (Wildman–Crippen LogP) is 3.28. The molecule has 18 heavy (non-hydrogen) atoms. The molecule has 98 valence electrons. The Morgan fingerprint density at radius 3 is 2.61 bits per heavy atom. The summed E-state index contributed by atoms with van der Waals surface area (Å²) in [5, 5.41) is 2.53. The number of alkyl halides is 3. The van der Waals surface area contributed by atoms with Gasteiger partial charge in [-0.05, 0) is 24.6 Å². The van der Waals surface area contributed by atoms with Crippen LogP contribution in [0.15, 0.2) is 18.2 Å². The van der Waals surface area contributed by atoms with Crippen LogP contribution >= 0.6 is 11.6 Å². The number of urea groups is 1. The number of halogens is 4. The third kappa shape index (κ3) is 2.53. The molecule has 0 spiro atoms. The maximum Gasteiger partial charge on any atom is 0.416 e. The summed E-state index contributed by atoms with van der Waals surface area (Å²) < 4.78 is 37.4. The maximum atomic E-state index is 12.5. The minimum atomic E-state index is -4.44. The third-order valence-corrected chi connectivity index (χ3v) is 2.95. The first kappa shape index (κ1) is 13.0. The van der Waals surface area contributed by atoms with Crippen LogP contribution in [0.5, 0.6) is 0 Å². The lowest BCUT2D eigenvalue weighted by molar-refractivity contribution is -0.137. The number of hydrogen-bond acceptors (Lipinski definition) is 1. The molecule has 0 saturated carbocycles. The predicted molar refractivity (Wildman–Crippen MR) is 61.8 cm³/mol. The molecule has 1 aromatic carbocycles. The van der Waals surface area contributed by atoms with E-state index in [2.05, 4.69) is 5.32 Å². The normalized spacial score (nSPS) is 16.7. The molecule has 2 amide bonds. The van der Waals surface area contributed by atoms with Crippen molar-refractivity contribution in [1.82, 2.24) is 5.32 Å². The molecule has 1 fully saturated rings. The molecular formula is C11H10ClF3N2O. The van der Waals surface area contributed by atoms with Crippen LogP contribution in [-0.4, -0.2) is 19.1 Å². The van der Waals surface area contributed by atoms with Crippen molar-refractivity contribution in [2.24, 2.45) is 0 Å². The van der Waals surface area contributed by atoms with Crippen molar-refractivity contribution < 1.29 is 18.0 Å². The number of amides is 2. The monoisotopic (exact) mass is 278 g/mol. The highest BCUT2D eigenvalue weighted by molar-refractivity contribution is 6.33. The van der Waals surface area contributed by atoms with Gasteiger partial charge in [0.2, 0.25) is 0 Å². The highest BCUT2D eigenvalue weighted by Gasteiger charge is 2.32. The highest BCUT2D eigenvalue weighted by atomic mass is 35.5. The van der Waals surface area contributed by atoms with Crippen molar-refractivity contribution in [3.8, 4) is 0 Å². The lowest BCUT2D eigenvalue weighted by Gasteiger charge is -2.28. The van der Waals surface area contributed by atoms with Gasteiger partial charge in [0.25, 0.3) is 0 Å². The van der Waals surface area contributed by atoms with Crippen LogP contribution in [0, 0.1) is 0 Å². The number of nitrogens with zero attached hydrogens (tertiary/aromatic N) is 1. The van der Waals surface area contributed by atoms with Crippen LogP contribution in [0.1, 0.15) is 12.0 Å². The molecule has 1 aliphatic rings. The zero-order valence-corrected chi connectivity index (χ0v) is 9.98. The van der Waals surface area contributed by atoms with E-state index in [4.69, 9.17) is 11.6 Å². The summed E-state index contributed by atoms with van der Waals surface area (Å²) in [7, 11) is 0. The summed E-state index contributed by atoms with van der Waals surface area (Å²) in [5.41, 5.74) is -0.532. The zero-order valence-electron chi connectivity index (χ0n) is 9.22. The van der Waals surface area contributed by atoms with Crippen molar-refractivity contribution in [2.45, 2.75) is 12.6 Å². The van der Waals surface area contributed by atoms with E-state index < -0.39 is 11.7 Å². The molecule has 1 heterocycles. The zero-order chi connectivity index (χ0) is 13.3. The van der Waals surface area contributed by atoms with Gasteiger partial charge in [0.05, 0.1) is 16.3 Å². The van der Waals surface area contributed by atoms with E-state index in [0.717, 1.165) is 18.6 Å². The minimum absolute atomic E-state index is 0.0816. The maximum absolute atomic E-state index is 12.5. The van der Waals surface area contributed by atoms with Crippen molar-refractivity contribution in [3.05, 3.63) is 28.8 Å². The minimum Gasteiger partial charge on any atom is -0.338 e. The third-order valence-electron chi connectivity index (χ3n) is 2.65. The van der Waals surface area contributed by atoms with Crippen LogP contribution in [-0.2, 0) is 6.18 Å². The van der Waals surface area contributed by atoms with Gasteiger partial charge in [0, 0.05) is 13.1 Å². The second-order valence-corrected chi connectivity index (χ2v) is 4.31. The van der Waals surface area contributed by atoms with Crippen LogP contribution in [0.2, 0.25) is 5.02 Å². The molecule has 1 saturated heterocycles. The molecule has 7 heteroatoms. The molecule has 0 aliphatic carbocycles. The van der Waals surface area contributed by atoms with Gasteiger partial charge >= 0.3 is 12.2 Å². The number of benzene rings is 1. The Labute approximate surface area is 107 Å². The number of carbonyl (C=O) groups excluding carboxylic acids is 1. The Morgan fingerprint density at radius 2 is 2.06 bits per heavy atom. The molecule has 1 aliphatic heterocycles. The van der Waals surface area contributed by atoms with Gasteiger partial charge in [-0.15, -0.1) is 0 Å². The van der Waals surface area contributed by atoms with Gasteiger partial charge in [0.15, 0.2) is 0 Å². The first-order chi connectivity index (χ1) is 8.39. The summed E-state index contributed by atoms with van der Waals surface area (Å²) in [6.45, 7) is 1.00. The molecular weight excluding hydrogens is 269 g/mol. The van der Waals surface area contributed by atoms with Crippen molar-refractivity contribution >= 4 is 23.3 Å². The fourth-order valence-corrected chi connectivity index (χ4v) is 2.04. The Hall–Kier alpha value is -1.43. The Balaban J connectivity index is 2.32. The standard InChI is InChI=1S/C11H10ClF3N2O/c12-8-6-7(11(13,14)15)2-3-9(8)17-5-1-4-16-10(17)18/h2-3,6H,1,4-5H2,(H,16,18). The van der Waals surface area contributed by atoms with Crippen molar-refractivity contribution in [1.29, 1.82) is 0 Å². The first-order valence-electron chi connectivity index (χ1n) is 5.32. The largest absolute Gasteiger partial charge is 0.416 e. The van der Waals surface area contributed by atoms with Crippen molar-refractivity contribution in [2.75, 3.05) is 18.0 Å². The number of rotatable bonds is 1. The molecule has 0 radical (unpaired) electrons. The molecule has 0 unspecified atom stereocenters. The average Bonchev–Trinajstić information content (AvgIpc) is 2.29. The Morgan fingerprint density at radius 1 is 1.33 bits per heavy atom. The van der Waals surface area contributed by atoms with E-state index in [0.29, 0.717) is 18.8 Å². The highest BCUT2D eigenvalue weighted by Crippen LogP contribution is 2.35. The Bertz CT molecular complexity index is 476. The smallest absolute Gasteiger partial charge is 0.338 e. The number of carbonyl (C=O) groups is 1. The van der Waals surface area contributed by atoms with Gasteiger partial charge in [0.1, 0.15) is 0 Å². The molecule has 0 aromatic heterocycles. The quantitative estimate of drug-likeness (QED) is 0.840. The van der Waals surface area contributed by atoms with Gasteiger partial charge in [-0.3, -0.25) is 4.90 Å². The van der Waals surface area contributed by atoms with E-state index >= 15 is 0 Å². The lowest BCUT2D eigenvalue weighted by atomic mass is 10.1. The molecule has 0 atom stereocenters. The van der Waals surface area contributed by atoms with E-state index in [9.17, 15) is 18.0 Å². The van der Waals surface area contributed by atoms with Gasteiger partial charge in [-0.25, -0.2) is 4.79 Å². The molecule has 1 aromatic rings. The first-order valence-corrected chi connectivity index (χ1v) is 5.69. The van der Waals surface area contributed by atoms with Gasteiger partial charge in [-0.1, -0.05) is 11.6 Å². The van der Waals surface area contributed by atoms with Crippen LogP contribution < -0.4 is 10.2 Å². The van der Waals surface area contributed by atoms with Gasteiger partial charge in [-0.2, -0.15) is 13.2 Å². The molecule has 1 N–H and O–H groups in total. The van der Waals surface area contributed by atoms with Crippen LogP contribution in [0.3, 0.4) is 0 Å². The topological polar surface area (TPSA) is 32.3 Å². The van der Waals surface area contributed by atoms with Crippen molar-refractivity contribution in [3.63, 3.8) is 0 Å². The SMILES string of the molecule is O=C1NCCCN1c1ccc(C(F)(F)F)cc1Cl. The summed E-state index contributed by atoms with van der Waals surface area (Å²) in [5.74, 6) is 0. The fraction of sp³-hybridized carbons (Fsp3) is 0.364. The van der Waals surface area contributed by atoms with Gasteiger partial charge < -0.3 is 5.32 Å². The van der Waals surface area contributed by atoms with E-state index in [-0.39, 0.29) is 11.1 Å². The second-order valence-electron chi connectivity index (χ2n) is 3.90. The molecule has 2 rings (SSSR count). The average molecular weight is 279 g/mol. The molecule has 3 nitrogen and oxygen atoms in total. The fourth-order valence-electron chi connectivity index (χ4n) is 1.76. The van der Waals surface area contributed by atoms with Crippen LogP contribution in [0.4, 0.5) is 23.7 Å². The summed E-state index contributed by atoms with van der Waals surface area (Å²) in [6, 6.07) is 2.63. The number of anilines is 1. The van der Waals surface area contributed by atoms with E-state index in [1.165, 1.54) is 11.0 Å². The second kappa shape index (κ2) is 4.68. The summed E-state index contributed by atoms with van der Waals surface area (Å²) >= 11 is 5.81. The number of nitrogens with one attached hydrogen (secondary N) is 1. The Kier molecular flexibility index (Phi) is 3.38. The number of hydrogen-bond donors (Lipinski definition) is 1.